The van der Waals surface area contributed by atoms with Gasteiger partial charge in [-0.1, -0.05) is 13.3 Å². The highest BCUT2D eigenvalue weighted by molar-refractivity contribution is 4.71. The molecule has 1 fully saturated rings. The molecule has 0 radical (unpaired) electrons. The minimum Gasteiger partial charge on any atom is -0.318 e. The summed E-state index contributed by atoms with van der Waals surface area (Å²) in [5.41, 5.74) is 0. The van der Waals surface area contributed by atoms with Crippen molar-refractivity contribution in [3.63, 3.8) is 0 Å². The molecule has 1 saturated heterocycles. The van der Waals surface area contributed by atoms with Gasteiger partial charge in [0.15, 0.2) is 0 Å². The third-order valence-corrected chi connectivity index (χ3v) is 2.96. The number of nitrogens with zero attached hydrogens (tertiary/aromatic N) is 1. The topological polar surface area (TPSA) is 15.3 Å². The minimum absolute atomic E-state index is 1.01. The van der Waals surface area contributed by atoms with Crippen LogP contribution in [0, 0.1) is 5.92 Å². The van der Waals surface area contributed by atoms with Crippen molar-refractivity contribution >= 4 is 0 Å². The molecule has 12 heavy (non-hydrogen) atoms. The maximum Gasteiger partial charge on any atom is 0.0107 e. The zero-order valence-electron chi connectivity index (χ0n) is 8.47. The Bertz CT molecular complexity index is 106. The Morgan fingerprint density at radius 2 is 2.00 bits per heavy atom. The van der Waals surface area contributed by atoms with E-state index >= 15 is 0 Å². The van der Waals surface area contributed by atoms with Gasteiger partial charge in [0.2, 0.25) is 0 Å². The zero-order chi connectivity index (χ0) is 8.81. The lowest BCUT2D eigenvalue weighted by molar-refractivity contribution is 0.183. The number of piperidine rings is 1. The number of likely N-dealkylation sites (tertiary alicyclic amines) is 1. The van der Waals surface area contributed by atoms with E-state index in [-0.39, 0.29) is 0 Å². The van der Waals surface area contributed by atoms with Crippen LogP contribution in [0.15, 0.2) is 0 Å². The smallest absolute Gasteiger partial charge is 0.0107 e. The van der Waals surface area contributed by atoms with Crippen LogP contribution in [0.3, 0.4) is 0 Å². The Morgan fingerprint density at radius 1 is 1.33 bits per heavy atom. The van der Waals surface area contributed by atoms with Crippen molar-refractivity contribution in [3.8, 4) is 0 Å². The molecule has 1 N–H and O–H groups in total. The van der Waals surface area contributed by atoms with E-state index in [2.05, 4.69) is 17.1 Å². The van der Waals surface area contributed by atoms with Gasteiger partial charge in [-0.25, -0.2) is 0 Å². The van der Waals surface area contributed by atoms with Crippen molar-refractivity contribution < 1.29 is 0 Å². The van der Waals surface area contributed by atoms with Crippen molar-refractivity contribution in [3.05, 3.63) is 0 Å². The molecule has 0 bridgehead atoms. The molecule has 0 unspecified atom stereocenters. The third kappa shape index (κ3) is 3.11. The van der Waals surface area contributed by atoms with Crippen molar-refractivity contribution in [1.29, 1.82) is 0 Å². The summed E-state index contributed by atoms with van der Waals surface area (Å²) < 4.78 is 0. The predicted molar refractivity (Wildman–Crippen MR) is 53.4 cm³/mol. The molecule has 1 rings (SSSR count). The standard InChI is InChI=1S/C10H22N2/c1-3-10-4-7-12(8-5-10)9-6-11-2/h10-11H,3-9H2,1-2H3. The van der Waals surface area contributed by atoms with Gasteiger partial charge in [0.05, 0.1) is 0 Å². The van der Waals surface area contributed by atoms with Crippen molar-refractivity contribution in [1.82, 2.24) is 10.2 Å². The normalized spacial score (nSPS) is 21.5. The molecular weight excluding hydrogens is 148 g/mol. The molecular formula is C10H22N2. The minimum atomic E-state index is 1.01. The molecule has 1 aliphatic rings. The number of nitrogens with one attached hydrogen (secondary N) is 1. The van der Waals surface area contributed by atoms with E-state index in [9.17, 15) is 0 Å². The lowest BCUT2D eigenvalue weighted by Gasteiger charge is -2.31. The highest BCUT2D eigenvalue weighted by Crippen LogP contribution is 2.19. The van der Waals surface area contributed by atoms with E-state index in [1.807, 2.05) is 7.05 Å². The fourth-order valence-corrected chi connectivity index (χ4v) is 1.89. The second-order valence-corrected chi connectivity index (χ2v) is 3.80. The highest BCUT2D eigenvalue weighted by Gasteiger charge is 2.16. The molecule has 0 aromatic heterocycles. The average molecular weight is 170 g/mol. The van der Waals surface area contributed by atoms with Crippen LogP contribution in [0.5, 0.6) is 0 Å². The summed E-state index contributed by atoms with van der Waals surface area (Å²) in [7, 11) is 2.03. The molecule has 72 valence electrons. The second-order valence-electron chi connectivity index (χ2n) is 3.80. The highest BCUT2D eigenvalue weighted by atomic mass is 15.1. The van der Waals surface area contributed by atoms with E-state index in [1.54, 1.807) is 0 Å². The Morgan fingerprint density at radius 3 is 2.50 bits per heavy atom. The van der Waals surface area contributed by atoms with Crippen LogP contribution >= 0.6 is 0 Å². The fraction of sp³-hybridized carbons (Fsp3) is 1.00. The number of likely N-dealkylation sites (N-methyl/N-ethyl adjacent to an activating group) is 1. The quantitative estimate of drug-likeness (QED) is 0.684. The van der Waals surface area contributed by atoms with E-state index in [1.165, 1.54) is 38.9 Å². The monoisotopic (exact) mass is 170 g/mol. The number of rotatable bonds is 4. The van der Waals surface area contributed by atoms with E-state index in [0.717, 1.165) is 12.5 Å². The molecule has 2 heteroatoms. The van der Waals surface area contributed by atoms with Gasteiger partial charge >= 0.3 is 0 Å². The van der Waals surface area contributed by atoms with E-state index in [4.69, 9.17) is 0 Å². The van der Waals surface area contributed by atoms with Crippen molar-refractivity contribution in [2.75, 3.05) is 33.2 Å². The van der Waals surface area contributed by atoms with Gasteiger partial charge in [-0.15, -0.1) is 0 Å². The maximum absolute atomic E-state index is 3.20. The van der Waals surface area contributed by atoms with Crippen molar-refractivity contribution in [2.24, 2.45) is 5.92 Å². The first-order valence-electron chi connectivity index (χ1n) is 5.23. The second kappa shape index (κ2) is 5.55. The van der Waals surface area contributed by atoms with Crippen LogP contribution in [0.4, 0.5) is 0 Å². The molecule has 1 heterocycles. The van der Waals surface area contributed by atoms with Gasteiger partial charge in [0.1, 0.15) is 0 Å². The van der Waals surface area contributed by atoms with Crippen LogP contribution in [-0.2, 0) is 0 Å². The van der Waals surface area contributed by atoms with Gasteiger partial charge < -0.3 is 10.2 Å². The molecule has 0 aliphatic carbocycles. The predicted octanol–water partition coefficient (Wildman–Crippen LogP) is 1.33. The molecule has 0 aromatic carbocycles. The maximum atomic E-state index is 3.20. The van der Waals surface area contributed by atoms with Crippen LogP contribution in [0.2, 0.25) is 0 Å². The van der Waals surface area contributed by atoms with Crippen LogP contribution < -0.4 is 5.32 Å². The lowest BCUT2D eigenvalue weighted by atomic mass is 9.94. The Labute approximate surface area is 76.3 Å². The van der Waals surface area contributed by atoms with Crippen LogP contribution in [0.1, 0.15) is 26.2 Å². The zero-order valence-corrected chi connectivity index (χ0v) is 8.47. The van der Waals surface area contributed by atoms with Gasteiger partial charge in [0, 0.05) is 13.1 Å². The third-order valence-electron chi connectivity index (χ3n) is 2.96. The van der Waals surface area contributed by atoms with Gasteiger partial charge in [-0.05, 0) is 38.9 Å². The summed E-state index contributed by atoms with van der Waals surface area (Å²) in [6.45, 7) is 7.32. The van der Waals surface area contributed by atoms with Crippen molar-refractivity contribution in [2.45, 2.75) is 26.2 Å². The molecule has 0 saturated carbocycles. The van der Waals surface area contributed by atoms with Gasteiger partial charge in [-0.3, -0.25) is 0 Å². The Balaban J connectivity index is 2.09. The van der Waals surface area contributed by atoms with E-state index < -0.39 is 0 Å². The van der Waals surface area contributed by atoms with E-state index in [0.29, 0.717) is 0 Å². The van der Waals surface area contributed by atoms with Gasteiger partial charge in [0.25, 0.3) is 0 Å². The van der Waals surface area contributed by atoms with Crippen LogP contribution in [0.25, 0.3) is 0 Å². The number of hydrogen-bond acceptors (Lipinski definition) is 2. The first kappa shape index (κ1) is 10.0. The van der Waals surface area contributed by atoms with Gasteiger partial charge in [-0.2, -0.15) is 0 Å². The first-order chi connectivity index (χ1) is 5.86. The average Bonchev–Trinajstić information content (AvgIpc) is 2.15. The molecule has 1 aliphatic heterocycles. The van der Waals surface area contributed by atoms with Crippen LogP contribution in [-0.4, -0.2) is 38.1 Å². The Hall–Kier alpha value is -0.0800. The molecule has 0 amide bonds. The summed E-state index contributed by atoms with van der Waals surface area (Å²) in [4.78, 5) is 2.57. The fourth-order valence-electron chi connectivity index (χ4n) is 1.89. The first-order valence-corrected chi connectivity index (χ1v) is 5.23. The molecule has 0 atom stereocenters. The summed E-state index contributed by atoms with van der Waals surface area (Å²) >= 11 is 0. The molecule has 0 aromatic rings. The Kier molecular flexibility index (Phi) is 4.62. The lowest BCUT2D eigenvalue weighted by Crippen LogP contribution is -2.37. The molecule has 0 spiro atoms. The number of hydrogen-bond donors (Lipinski definition) is 1. The summed E-state index contributed by atoms with van der Waals surface area (Å²) in [6.07, 6.45) is 4.21. The summed E-state index contributed by atoms with van der Waals surface area (Å²) in [5, 5.41) is 3.20. The SMILES string of the molecule is CCC1CCN(CCNC)CC1. The molecule has 2 nitrogen and oxygen atoms in total. The summed E-state index contributed by atoms with van der Waals surface area (Å²) in [6, 6.07) is 0. The largest absolute Gasteiger partial charge is 0.318 e. The summed E-state index contributed by atoms with van der Waals surface area (Å²) in [5.74, 6) is 1.01.